The molecule has 1 atom stereocenters. The molecule has 0 rings (SSSR count). The zero-order chi connectivity index (χ0) is 47.9. The van der Waals surface area contributed by atoms with Crippen LogP contribution < -0.4 is 0 Å². The van der Waals surface area contributed by atoms with Crippen LogP contribution in [0.3, 0.4) is 0 Å². The molecular formula is C60H98O6. The number of carbonyl (C=O) groups is 3. The first-order valence-corrected chi connectivity index (χ1v) is 26.9. The number of carbonyl (C=O) groups excluding carboxylic acids is 3. The molecule has 0 fully saturated rings. The Kier molecular flexibility index (Phi) is 50.5. The summed E-state index contributed by atoms with van der Waals surface area (Å²) in [7, 11) is 0. The van der Waals surface area contributed by atoms with Crippen LogP contribution in [0.2, 0.25) is 0 Å². The predicted octanol–water partition coefficient (Wildman–Crippen LogP) is 17.9. The maximum absolute atomic E-state index is 12.8. The fourth-order valence-electron chi connectivity index (χ4n) is 7.12. The summed E-state index contributed by atoms with van der Waals surface area (Å²) in [6.07, 6.45) is 72.1. The molecule has 0 aliphatic heterocycles. The van der Waals surface area contributed by atoms with Crippen LogP contribution in [0.5, 0.6) is 0 Å². The van der Waals surface area contributed by atoms with Crippen LogP contribution in [-0.2, 0) is 28.6 Å². The topological polar surface area (TPSA) is 78.9 Å². The molecule has 0 aromatic carbocycles. The van der Waals surface area contributed by atoms with E-state index in [0.717, 1.165) is 135 Å². The lowest BCUT2D eigenvalue weighted by Gasteiger charge is -2.18. The molecule has 0 amide bonds. The van der Waals surface area contributed by atoms with Gasteiger partial charge in [-0.3, -0.25) is 14.4 Å². The van der Waals surface area contributed by atoms with E-state index in [-0.39, 0.29) is 31.1 Å². The minimum atomic E-state index is -0.798. The lowest BCUT2D eigenvalue weighted by atomic mass is 10.1. The van der Waals surface area contributed by atoms with Gasteiger partial charge in [0.2, 0.25) is 0 Å². The van der Waals surface area contributed by atoms with Gasteiger partial charge in [0.05, 0.1) is 0 Å². The summed E-state index contributed by atoms with van der Waals surface area (Å²) in [5, 5.41) is 0. The van der Waals surface area contributed by atoms with E-state index in [9.17, 15) is 14.4 Å². The molecule has 0 aromatic heterocycles. The molecule has 0 saturated carbocycles. The number of ether oxygens (including phenoxy) is 3. The zero-order valence-corrected chi connectivity index (χ0v) is 42.7. The van der Waals surface area contributed by atoms with E-state index in [1.807, 2.05) is 0 Å². The normalized spacial score (nSPS) is 13.0. The average molecular weight is 915 g/mol. The minimum absolute atomic E-state index is 0.0949. The highest BCUT2D eigenvalue weighted by atomic mass is 16.6. The van der Waals surface area contributed by atoms with Gasteiger partial charge in [0, 0.05) is 19.3 Å². The van der Waals surface area contributed by atoms with Crippen molar-refractivity contribution in [3.05, 3.63) is 109 Å². The molecular weight excluding hydrogens is 817 g/mol. The van der Waals surface area contributed by atoms with Crippen LogP contribution in [0.15, 0.2) is 109 Å². The molecule has 0 radical (unpaired) electrons. The van der Waals surface area contributed by atoms with Crippen molar-refractivity contribution in [1.29, 1.82) is 0 Å². The van der Waals surface area contributed by atoms with E-state index in [1.54, 1.807) is 0 Å². The second-order valence-electron chi connectivity index (χ2n) is 17.4. The molecule has 6 heteroatoms. The summed E-state index contributed by atoms with van der Waals surface area (Å²) in [4.78, 5) is 38.1. The fourth-order valence-corrected chi connectivity index (χ4v) is 7.12. The van der Waals surface area contributed by atoms with Crippen LogP contribution in [0, 0.1) is 0 Å². The first kappa shape index (κ1) is 62.1. The van der Waals surface area contributed by atoms with Gasteiger partial charge in [-0.2, -0.15) is 0 Å². The number of esters is 3. The Labute approximate surface area is 406 Å². The SMILES string of the molecule is CC\C=C/C=C\C=C/CCCCCCCC(=O)OCC(COC(=O)CCCCCCCCCCC/C=C\C/C=C\C/C=C\CC)OC(=O)CCCCCCCC/C=C\C/C=C\C/C=C\CC. The monoisotopic (exact) mass is 915 g/mol. The molecule has 0 heterocycles. The Bertz CT molecular complexity index is 1370. The molecule has 0 aromatic rings. The van der Waals surface area contributed by atoms with E-state index < -0.39 is 6.10 Å². The second-order valence-corrected chi connectivity index (χ2v) is 17.4. The summed E-state index contributed by atoms with van der Waals surface area (Å²) >= 11 is 0. The van der Waals surface area contributed by atoms with Gasteiger partial charge in [0.25, 0.3) is 0 Å². The lowest BCUT2D eigenvalue weighted by Crippen LogP contribution is -2.30. The Hall–Kier alpha value is -3.93. The molecule has 0 aliphatic rings. The van der Waals surface area contributed by atoms with E-state index in [4.69, 9.17) is 14.2 Å². The predicted molar refractivity (Wildman–Crippen MR) is 283 cm³/mol. The van der Waals surface area contributed by atoms with Crippen molar-refractivity contribution in [3.63, 3.8) is 0 Å². The third kappa shape index (κ3) is 51.1. The van der Waals surface area contributed by atoms with Crippen molar-refractivity contribution in [2.45, 2.75) is 239 Å². The van der Waals surface area contributed by atoms with Gasteiger partial charge in [-0.1, -0.05) is 220 Å². The van der Waals surface area contributed by atoms with E-state index in [1.165, 1.54) is 57.8 Å². The van der Waals surface area contributed by atoms with Gasteiger partial charge in [-0.25, -0.2) is 0 Å². The quantitative estimate of drug-likeness (QED) is 0.0199. The smallest absolute Gasteiger partial charge is 0.306 e. The zero-order valence-electron chi connectivity index (χ0n) is 42.7. The molecule has 1 unspecified atom stereocenters. The van der Waals surface area contributed by atoms with Gasteiger partial charge in [-0.05, 0) is 103 Å². The van der Waals surface area contributed by atoms with Gasteiger partial charge in [-0.15, -0.1) is 0 Å². The van der Waals surface area contributed by atoms with Crippen LogP contribution >= 0.6 is 0 Å². The highest BCUT2D eigenvalue weighted by Gasteiger charge is 2.19. The Morgan fingerprint density at radius 2 is 0.621 bits per heavy atom. The van der Waals surface area contributed by atoms with Crippen LogP contribution in [0.1, 0.15) is 233 Å². The Morgan fingerprint density at radius 1 is 0.318 bits per heavy atom. The van der Waals surface area contributed by atoms with Crippen LogP contribution in [-0.4, -0.2) is 37.2 Å². The second kappa shape index (κ2) is 53.7. The molecule has 0 N–H and O–H groups in total. The highest BCUT2D eigenvalue weighted by Crippen LogP contribution is 2.14. The van der Waals surface area contributed by atoms with Gasteiger partial charge in [0.1, 0.15) is 13.2 Å². The Balaban J connectivity index is 4.42. The molecule has 6 nitrogen and oxygen atoms in total. The minimum Gasteiger partial charge on any atom is -0.462 e. The van der Waals surface area contributed by atoms with Gasteiger partial charge in [0.15, 0.2) is 6.10 Å². The number of rotatable bonds is 47. The molecule has 66 heavy (non-hydrogen) atoms. The number of hydrogen-bond donors (Lipinski definition) is 0. The van der Waals surface area contributed by atoms with Crippen molar-refractivity contribution in [2.75, 3.05) is 13.2 Å². The third-order valence-corrected chi connectivity index (χ3v) is 11.1. The van der Waals surface area contributed by atoms with E-state index in [0.29, 0.717) is 19.3 Å². The summed E-state index contributed by atoms with van der Waals surface area (Å²) in [5.74, 6) is -0.937. The maximum atomic E-state index is 12.8. The van der Waals surface area contributed by atoms with Crippen molar-refractivity contribution in [2.24, 2.45) is 0 Å². The highest BCUT2D eigenvalue weighted by molar-refractivity contribution is 5.71. The van der Waals surface area contributed by atoms with Crippen molar-refractivity contribution in [3.8, 4) is 0 Å². The van der Waals surface area contributed by atoms with Crippen molar-refractivity contribution in [1.82, 2.24) is 0 Å². The van der Waals surface area contributed by atoms with E-state index in [2.05, 4.69) is 130 Å². The molecule has 0 aliphatic carbocycles. The number of hydrogen-bond acceptors (Lipinski definition) is 6. The van der Waals surface area contributed by atoms with Gasteiger partial charge >= 0.3 is 17.9 Å². The summed E-state index contributed by atoms with van der Waals surface area (Å²) in [5.41, 5.74) is 0. The van der Waals surface area contributed by atoms with Crippen molar-refractivity contribution < 1.29 is 28.6 Å². The first-order chi connectivity index (χ1) is 32.5. The molecule has 374 valence electrons. The van der Waals surface area contributed by atoms with Crippen LogP contribution in [0.4, 0.5) is 0 Å². The van der Waals surface area contributed by atoms with E-state index >= 15 is 0 Å². The number of unbranched alkanes of at least 4 members (excludes halogenated alkanes) is 20. The summed E-state index contributed by atoms with van der Waals surface area (Å²) in [6, 6.07) is 0. The fraction of sp³-hybridized carbons (Fsp3) is 0.650. The average Bonchev–Trinajstić information content (AvgIpc) is 3.31. The number of allylic oxidation sites excluding steroid dienone is 18. The largest absolute Gasteiger partial charge is 0.462 e. The maximum Gasteiger partial charge on any atom is 0.306 e. The van der Waals surface area contributed by atoms with Crippen LogP contribution in [0.25, 0.3) is 0 Å². The molecule has 0 bridgehead atoms. The lowest BCUT2D eigenvalue weighted by molar-refractivity contribution is -0.167. The van der Waals surface area contributed by atoms with Gasteiger partial charge < -0.3 is 14.2 Å². The summed E-state index contributed by atoms with van der Waals surface area (Å²) < 4.78 is 16.8. The third-order valence-electron chi connectivity index (χ3n) is 11.1. The molecule has 0 spiro atoms. The first-order valence-electron chi connectivity index (χ1n) is 26.9. The standard InChI is InChI=1S/C60H98O6/c1-4-7-10-13-16-19-22-25-27-29-30-31-33-35-38-41-44-47-50-53-59(62)65-56-57(55-64-58(61)52-49-46-43-40-37-34-24-21-18-15-12-9-6-3)66-60(63)54-51-48-45-42-39-36-32-28-26-23-20-17-14-11-8-5-2/h7-12,15-21,24-28,57H,4-6,13-14,22-23,29-56H2,1-3H3/b10-7-,11-8-,12-9-,18-15-,19-16-,20-17-,24-21-,27-25-,28-26-. The molecule has 0 saturated heterocycles. The van der Waals surface area contributed by atoms with Crippen molar-refractivity contribution >= 4 is 17.9 Å². The summed E-state index contributed by atoms with van der Waals surface area (Å²) in [6.45, 7) is 6.25. The Morgan fingerprint density at radius 3 is 1.02 bits per heavy atom.